The first-order chi connectivity index (χ1) is 32.5. The summed E-state index contributed by atoms with van der Waals surface area (Å²) in [7, 11) is 0. The normalized spacial score (nSPS) is 12.6. The van der Waals surface area contributed by atoms with E-state index in [2.05, 4.69) is 19.2 Å². The van der Waals surface area contributed by atoms with Crippen molar-refractivity contribution in [2.75, 3.05) is 13.2 Å². The summed E-state index contributed by atoms with van der Waals surface area (Å²) < 4.78 is 5.47. The number of allylic oxidation sites excluding steroid dienone is 1. The minimum atomic E-state index is -0.857. The highest BCUT2D eigenvalue weighted by Gasteiger charge is 2.18. The van der Waals surface area contributed by atoms with Gasteiger partial charge in [0.2, 0.25) is 5.91 Å². The van der Waals surface area contributed by atoms with E-state index >= 15 is 0 Å². The largest absolute Gasteiger partial charge is 0.466 e. The van der Waals surface area contributed by atoms with Gasteiger partial charge in [0.05, 0.1) is 25.4 Å². The second kappa shape index (κ2) is 56.2. The van der Waals surface area contributed by atoms with Gasteiger partial charge in [-0.25, -0.2) is 0 Å². The Hall–Kier alpha value is -1.40. The molecule has 0 fully saturated rings. The first-order valence-corrected chi connectivity index (χ1v) is 30.0. The fraction of sp³-hybridized carbons (Fsp3) is 0.933. The predicted molar refractivity (Wildman–Crippen MR) is 287 cm³/mol. The average Bonchev–Trinajstić information content (AvgIpc) is 3.32. The molecule has 0 rings (SSSR count). The number of ether oxygens (including phenoxy) is 1. The van der Waals surface area contributed by atoms with Gasteiger partial charge in [-0.2, -0.15) is 0 Å². The zero-order chi connectivity index (χ0) is 47.9. The van der Waals surface area contributed by atoms with Crippen molar-refractivity contribution in [3.8, 4) is 0 Å². The van der Waals surface area contributed by atoms with E-state index in [1.54, 1.807) is 6.08 Å². The number of aliphatic hydroxyl groups is 2. The number of unbranched alkanes of at least 4 members (excludes halogenated alkanes) is 45. The Bertz CT molecular complexity index is 986. The standard InChI is InChI=1S/C60H117NO5/c1-3-5-7-9-11-13-15-17-19-20-21-22-23-24-25-26-27-28-29-32-36-40-44-48-52-58(63)57(56-62)61-59(64)53-49-45-41-37-33-31-35-39-43-47-51-55-66-60(65)54-50-46-42-38-34-30-18-16-14-12-10-8-6-4-2/h48,52,57-58,62-63H,3-47,49-51,53-56H2,1-2H3,(H,61,64)/b52-48+. The molecule has 3 N–H and O–H groups in total. The fourth-order valence-corrected chi connectivity index (χ4v) is 9.46. The van der Waals surface area contributed by atoms with Gasteiger partial charge in [-0.05, 0) is 32.1 Å². The summed E-state index contributed by atoms with van der Waals surface area (Å²) in [6.45, 7) is 4.89. The molecule has 6 heteroatoms. The Morgan fingerprint density at radius 2 is 0.697 bits per heavy atom. The smallest absolute Gasteiger partial charge is 0.305 e. The summed E-state index contributed by atoms with van der Waals surface area (Å²) in [5.74, 6) is -0.0946. The molecule has 0 heterocycles. The summed E-state index contributed by atoms with van der Waals surface area (Å²) in [6, 6.07) is -0.642. The maximum atomic E-state index is 12.5. The maximum Gasteiger partial charge on any atom is 0.305 e. The lowest BCUT2D eigenvalue weighted by molar-refractivity contribution is -0.143. The molecule has 0 aromatic rings. The van der Waals surface area contributed by atoms with Crippen molar-refractivity contribution in [3.63, 3.8) is 0 Å². The van der Waals surface area contributed by atoms with Crippen molar-refractivity contribution in [1.29, 1.82) is 0 Å². The van der Waals surface area contributed by atoms with Crippen LogP contribution < -0.4 is 5.32 Å². The van der Waals surface area contributed by atoms with Gasteiger partial charge in [0.15, 0.2) is 0 Å². The third-order valence-corrected chi connectivity index (χ3v) is 14.1. The highest BCUT2D eigenvalue weighted by Crippen LogP contribution is 2.18. The number of aliphatic hydroxyl groups excluding tert-OH is 2. The topological polar surface area (TPSA) is 95.9 Å². The van der Waals surface area contributed by atoms with Gasteiger partial charge < -0.3 is 20.3 Å². The molecule has 0 spiro atoms. The average molecular weight is 933 g/mol. The van der Waals surface area contributed by atoms with Crippen molar-refractivity contribution >= 4 is 11.9 Å². The molecule has 0 aromatic heterocycles. The SMILES string of the molecule is CCCCCCCCCCCCCCCCCCCCCCCC/C=C/C(O)C(CO)NC(=O)CCCCCCCCCCCCCOC(=O)CCCCCCCCCCCCCCCC. The zero-order valence-electron chi connectivity index (χ0n) is 44.7. The van der Waals surface area contributed by atoms with E-state index in [1.807, 2.05) is 6.08 Å². The van der Waals surface area contributed by atoms with Gasteiger partial charge in [0, 0.05) is 12.8 Å². The van der Waals surface area contributed by atoms with Crippen LogP contribution in [0.4, 0.5) is 0 Å². The first kappa shape index (κ1) is 64.6. The molecular formula is C60H117NO5. The minimum absolute atomic E-state index is 0.0120. The Kier molecular flexibility index (Phi) is 55.0. The molecule has 0 radical (unpaired) electrons. The Labute approximate surface area is 412 Å². The Morgan fingerprint density at radius 3 is 1.03 bits per heavy atom. The lowest BCUT2D eigenvalue weighted by atomic mass is 10.0. The van der Waals surface area contributed by atoms with Crippen LogP contribution in [-0.2, 0) is 14.3 Å². The molecule has 0 aliphatic carbocycles. The van der Waals surface area contributed by atoms with Crippen LogP contribution in [0.5, 0.6) is 0 Å². The van der Waals surface area contributed by atoms with E-state index in [1.165, 1.54) is 250 Å². The molecule has 6 nitrogen and oxygen atoms in total. The molecule has 66 heavy (non-hydrogen) atoms. The summed E-state index contributed by atoms with van der Waals surface area (Å²) in [5, 5.41) is 23.2. The Balaban J connectivity index is 3.48. The number of esters is 1. The van der Waals surface area contributed by atoms with Crippen LogP contribution in [0.1, 0.15) is 335 Å². The number of nitrogens with one attached hydrogen (secondary N) is 1. The maximum absolute atomic E-state index is 12.5. The molecule has 0 saturated carbocycles. The lowest BCUT2D eigenvalue weighted by Crippen LogP contribution is -2.45. The summed E-state index contributed by atoms with van der Waals surface area (Å²) in [5.41, 5.74) is 0. The van der Waals surface area contributed by atoms with Crippen molar-refractivity contribution < 1.29 is 24.5 Å². The number of rotatable bonds is 56. The lowest BCUT2D eigenvalue weighted by Gasteiger charge is -2.20. The first-order valence-electron chi connectivity index (χ1n) is 30.0. The van der Waals surface area contributed by atoms with Crippen LogP contribution in [0.2, 0.25) is 0 Å². The number of hydrogen-bond acceptors (Lipinski definition) is 5. The number of hydrogen-bond donors (Lipinski definition) is 3. The van der Waals surface area contributed by atoms with Gasteiger partial charge in [-0.15, -0.1) is 0 Å². The molecule has 2 atom stereocenters. The van der Waals surface area contributed by atoms with E-state index in [0.717, 1.165) is 57.8 Å². The molecule has 1 amide bonds. The van der Waals surface area contributed by atoms with E-state index in [9.17, 15) is 19.8 Å². The number of carbonyl (C=O) groups excluding carboxylic acids is 2. The third kappa shape index (κ3) is 52.0. The van der Waals surface area contributed by atoms with Crippen LogP contribution in [0.25, 0.3) is 0 Å². The monoisotopic (exact) mass is 932 g/mol. The second-order valence-electron chi connectivity index (χ2n) is 20.7. The van der Waals surface area contributed by atoms with Gasteiger partial charge in [-0.3, -0.25) is 9.59 Å². The van der Waals surface area contributed by atoms with Crippen molar-refractivity contribution in [1.82, 2.24) is 5.32 Å². The quantitative estimate of drug-likeness (QED) is 0.0321. The molecule has 2 unspecified atom stereocenters. The van der Waals surface area contributed by atoms with Gasteiger partial charge in [-0.1, -0.05) is 302 Å². The van der Waals surface area contributed by atoms with Crippen LogP contribution >= 0.6 is 0 Å². The van der Waals surface area contributed by atoms with Crippen LogP contribution in [0.15, 0.2) is 12.2 Å². The van der Waals surface area contributed by atoms with Crippen LogP contribution in [-0.4, -0.2) is 47.4 Å². The molecule has 0 aliphatic rings. The molecule has 0 bridgehead atoms. The summed E-state index contributed by atoms with van der Waals surface area (Å²) in [4.78, 5) is 24.5. The molecule has 0 saturated heterocycles. The van der Waals surface area contributed by atoms with Crippen molar-refractivity contribution in [2.45, 2.75) is 347 Å². The van der Waals surface area contributed by atoms with Crippen LogP contribution in [0, 0.1) is 0 Å². The third-order valence-electron chi connectivity index (χ3n) is 14.1. The number of amides is 1. The molecule has 0 aromatic carbocycles. The number of carbonyl (C=O) groups is 2. The van der Waals surface area contributed by atoms with Crippen LogP contribution in [0.3, 0.4) is 0 Å². The Morgan fingerprint density at radius 1 is 0.409 bits per heavy atom. The van der Waals surface area contributed by atoms with Crippen molar-refractivity contribution in [2.24, 2.45) is 0 Å². The highest BCUT2D eigenvalue weighted by molar-refractivity contribution is 5.76. The molecular weight excluding hydrogens is 815 g/mol. The molecule has 392 valence electrons. The molecule has 0 aliphatic heterocycles. The van der Waals surface area contributed by atoms with Gasteiger partial charge in [0.25, 0.3) is 0 Å². The summed E-state index contributed by atoms with van der Waals surface area (Å²) >= 11 is 0. The van der Waals surface area contributed by atoms with E-state index in [0.29, 0.717) is 19.4 Å². The van der Waals surface area contributed by atoms with E-state index in [4.69, 9.17) is 4.74 Å². The second-order valence-corrected chi connectivity index (χ2v) is 20.7. The fourth-order valence-electron chi connectivity index (χ4n) is 9.46. The van der Waals surface area contributed by atoms with Gasteiger partial charge in [0.1, 0.15) is 0 Å². The zero-order valence-corrected chi connectivity index (χ0v) is 44.7. The van der Waals surface area contributed by atoms with E-state index in [-0.39, 0.29) is 18.5 Å². The highest BCUT2D eigenvalue weighted by atomic mass is 16.5. The van der Waals surface area contributed by atoms with Crippen molar-refractivity contribution in [3.05, 3.63) is 12.2 Å². The minimum Gasteiger partial charge on any atom is -0.466 e. The predicted octanol–water partition coefficient (Wildman–Crippen LogP) is 18.5. The van der Waals surface area contributed by atoms with Gasteiger partial charge >= 0.3 is 5.97 Å². The summed E-state index contributed by atoms with van der Waals surface area (Å²) in [6.07, 6.45) is 66.7. The van der Waals surface area contributed by atoms with E-state index < -0.39 is 12.1 Å².